The molecule has 2 aliphatic rings. The molecular weight excluding hydrogens is 264 g/mol. The van der Waals surface area contributed by atoms with Gasteiger partial charge < -0.3 is 10.0 Å². The lowest BCUT2D eigenvalue weighted by Crippen LogP contribution is -2.38. The van der Waals surface area contributed by atoms with Crippen LogP contribution in [-0.2, 0) is 11.3 Å². The molecule has 0 saturated carbocycles. The molecule has 1 unspecified atom stereocenters. The maximum absolute atomic E-state index is 11.1. The predicted molar refractivity (Wildman–Crippen MR) is 83.5 cm³/mol. The van der Waals surface area contributed by atoms with Gasteiger partial charge in [-0.25, -0.2) is 0 Å². The normalized spacial score (nSPS) is 23.4. The Hall–Kier alpha value is -1.55. The first kappa shape index (κ1) is 14.4. The van der Waals surface area contributed by atoms with E-state index in [9.17, 15) is 9.90 Å². The van der Waals surface area contributed by atoms with E-state index in [4.69, 9.17) is 0 Å². The summed E-state index contributed by atoms with van der Waals surface area (Å²) in [4.78, 5) is 15.9. The number of rotatable bonds is 4. The fourth-order valence-electron chi connectivity index (χ4n) is 3.42. The Morgan fingerprint density at radius 2 is 1.81 bits per heavy atom. The molecule has 1 aromatic carbocycles. The van der Waals surface area contributed by atoms with Crippen LogP contribution < -0.4 is 4.90 Å². The summed E-state index contributed by atoms with van der Waals surface area (Å²) in [5.74, 6) is -0.881. The van der Waals surface area contributed by atoms with E-state index in [0.29, 0.717) is 6.54 Å². The highest BCUT2D eigenvalue weighted by Crippen LogP contribution is 2.24. The zero-order chi connectivity index (χ0) is 14.7. The van der Waals surface area contributed by atoms with Gasteiger partial charge in [0.05, 0.1) is 5.92 Å². The minimum atomic E-state index is -0.662. The highest BCUT2D eigenvalue weighted by molar-refractivity contribution is 5.71. The molecule has 2 fully saturated rings. The van der Waals surface area contributed by atoms with Gasteiger partial charge in [0.15, 0.2) is 0 Å². The Morgan fingerprint density at radius 1 is 1.10 bits per heavy atom. The average Bonchev–Trinajstić information content (AvgIpc) is 3.01. The van der Waals surface area contributed by atoms with Crippen LogP contribution in [0.4, 0.5) is 5.69 Å². The standard InChI is InChI=1S/C17H24N2O2/c20-17(21)15-4-3-11-19(13-15)16-7-5-14(6-8-16)12-18-9-1-2-10-18/h5-8,15H,1-4,9-13H2,(H,20,21). The Morgan fingerprint density at radius 3 is 2.48 bits per heavy atom. The molecule has 114 valence electrons. The lowest BCUT2D eigenvalue weighted by Gasteiger charge is -2.32. The lowest BCUT2D eigenvalue weighted by atomic mass is 9.97. The van der Waals surface area contributed by atoms with Crippen LogP contribution in [0.3, 0.4) is 0 Å². The van der Waals surface area contributed by atoms with Gasteiger partial charge in [-0.2, -0.15) is 0 Å². The van der Waals surface area contributed by atoms with Crippen LogP contribution in [0.25, 0.3) is 0 Å². The number of piperidine rings is 1. The molecule has 0 radical (unpaired) electrons. The molecule has 1 N–H and O–H groups in total. The first-order valence-corrected chi connectivity index (χ1v) is 8.01. The molecule has 3 rings (SSSR count). The molecule has 1 atom stereocenters. The van der Waals surface area contributed by atoms with Crippen molar-refractivity contribution in [1.82, 2.24) is 4.90 Å². The molecule has 2 heterocycles. The summed E-state index contributed by atoms with van der Waals surface area (Å²) in [6.45, 7) is 5.08. The second-order valence-electron chi connectivity index (χ2n) is 6.27. The van der Waals surface area contributed by atoms with Crippen LogP contribution in [0.1, 0.15) is 31.2 Å². The Labute approximate surface area is 126 Å². The van der Waals surface area contributed by atoms with E-state index in [1.165, 1.54) is 31.5 Å². The molecular formula is C17H24N2O2. The van der Waals surface area contributed by atoms with E-state index in [-0.39, 0.29) is 5.92 Å². The molecule has 21 heavy (non-hydrogen) atoms. The fraction of sp³-hybridized carbons (Fsp3) is 0.588. The molecule has 4 heteroatoms. The number of anilines is 1. The predicted octanol–water partition coefficient (Wildman–Crippen LogP) is 2.58. The van der Waals surface area contributed by atoms with Gasteiger partial charge in [0.1, 0.15) is 0 Å². The molecule has 0 spiro atoms. The molecule has 4 nitrogen and oxygen atoms in total. The van der Waals surface area contributed by atoms with Gasteiger partial charge in [-0.15, -0.1) is 0 Å². The number of benzene rings is 1. The third-order valence-electron chi connectivity index (χ3n) is 4.68. The van der Waals surface area contributed by atoms with Crippen LogP contribution in [0.5, 0.6) is 0 Å². The maximum atomic E-state index is 11.1. The van der Waals surface area contributed by atoms with Gasteiger partial charge in [-0.1, -0.05) is 12.1 Å². The molecule has 0 amide bonds. The number of nitrogens with zero attached hydrogens (tertiary/aromatic N) is 2. The Kier molecular flexibility index (Phi) is 4.44. The smallest absolute Gasteiger partial charge is 0.308 e. The Balaban J connectivity index is 1.61. The Bertz CT molecular complexity index is 480. The molecule has 2 aliphatic heterocycles. The minimum absolute atomic E-state index is 0.219. The summed E-state index contributed by atoms with van der Waals surface area (Å²) >= 11 is 0. The van der Waals surface area contributed by atoms with E-state index in [0.717, 1.165) is 31.6 Å². The summed E-state index contributed by atoms with van der Waals surface area (Å²) in [5.41, 5.74) is 2.51. The van der Waals surface area contributed by atoms with Crippen molar-refractivity contribution >= 4 is 11.7 Å². The quantitative estimate of drug-likeness (QED) is 0.925. The lowest BCUT2D eigenvalue weighted by molar-refractivity contribution is -0.141. The van der Waals surface area contributed by atoms with Gasteiger partial charge in [0.2, 0.25) is 0 Å². The largest absolute Gasteiger partial charge is 0.481 e. The van der Waals surface area contributed by atoms with Crippen molar-refractivity contribution in [3.05, 3.63) is 29.8 Å². The number of likely N-dealkylation sites (tertiary alicyclic amines) is 1. The third kappa shape index (κ3) is 3.56. The number of carboxylic acid groups (broad SMARTS) is 1. The van der Waals surface area contributed by atoms with E-state index in [1.54, 1.807) is 0 Å². The zero-order valence-corrected chi connectivity index (χ0v) is 12.5. The van der Waals surface area contributed by atoms with Gasteiger partial charge in [0.25, 0.3) is 0 Å². The monoisotopic (exact) mass is 288 g/mol. The summed E-state index contributed by atoms with van der Waals surface area (Å²) in [6, 6.07) is 8.68. The van der Waals surface area contributed by atoms with Crippen molar-refractivity contribution in [3.8, 4) is 0 Å². The van der Waals surface area contributed by atoms with Crippen molar-refractivity contribution in [2.45, 2.75) is 32.2 Å². The van der Waals surface area contributed by atoms with Crippen LogP contribution in [0.2, 0.25) is 0 Å². The van der Waals surface area contributed by atoms with E-state index in [2.05, 4.69) is 34.1 Å². The molecule has 0 bridgehead atoms. The van der Waals surface area contributed by atoms with E-state index >= 15 is 0 Å². The second kappa shape index (κ2) is 6.48. The van der Waals surface area contributed by atoms with Crippen molar-refractivity contribution < 1.29 is 9.90 Å². The van der Waals surface area contributed by atoms with Crippen molar-refractivity contribution in [2.75, 3.05) is 31.1 Å². The summed E-state index contributed by atoms with van der Waals surface area (Å²) < 4.78 is 0. The highest BCUT2D eigenvalue weighted by atomic mass is 16.4. The van der Waals surface area contributed by atoms with E-state index < -0.39 is 5.97 Å². The average molecular weight is 288 g/mol. The number of aliphatic carboxylic acids is 1. The summed E-state index contributed by atoms with van der Waals surface area (Å²) in [6.07, 6.45) is 4.41. The number of hydrogen-bond acceptors (Lipinski definition) is 3. The summed E-state index contributed by atoms with van der Waals surface area (Å²) in [5, 5.41) is 9.17. The van der Waals surface area contributed by atoms with Gasteiger partial charge in [-0.3, -0.25) is 9.69 Å². The zero-order valence-electron chi connectivity index (χ0n) is 12.5. The van der Waals surface area contributed by atoms with Crippen LogP contribution >= 0.6 is 0 Å². The van der Waals surface area contributed by atoms with Gasteiger partial charge >= 0.3 is 5.97 Å². The number of carbonyl (C=O) groups is 1. The van der Waals surface area contributed by atoms with Gasteiger partial charge in [0, 0.05) is 25.3 Å². The fourth-order valence-corrected chi connectivity index (χ4v) is 3.42. The van der Waals surface area contributed by atoms with E-state index in [1.807, 2.05) is 0 Å². The number of carboxylic acids is 1. The number of hydrogen-bond donors (Lipinski definition) is 1. The maximum Gasteiger partial charge on any atom is 0.308 e. The topological polar surface area (TPSA) is 43.8 Å². The van der Waals surface area contributed by atoms with Gasteiger partial charge in [-0.05, 0) is 56.5 Å². The minimum Gasteiger partial charge on any atom is -0.481 e. The molecule has 0 aromatic heterocycles. The first-order valence-electron chi connectivity index (χ1n) is 8.01. The summed E-state index contributed by atoms with van der Waals surface area (Å²) in [7, 11) is 0. The molecule has 2 saturated heterocycles. The van der Waals surface area contributed by atoms with Crippen molar-refractivity contribution in [3.63, 3.8) is 0 Å². The molecule has 0 aliphatic carbocycles. The third-order valence-corrected chi connectivity index (χ3v) is 4.68. The van der Waals surface area contributed by atoms with Crippen molar-refractivity contribution in [1.29, 1.82) is 0 Å². The van der Waals surface area contributed by atoms with Crippen LogP contribution in [0.15, 0.2) is 24.3 Å². The first-order chi connectivity index (χ1) is 10.2. The second-order valence-corrected chi connectivity index (χ2v) is 6.27. The molecule has 1 aromatic rings. The highest BCUT2D eigenvalue weighted by Gasteiger charge is 2.25. The SMILES string of the molecule is O=C(O)C1CCCN(c2ccc(CN3CCCC3)cc2)C1. The van der Waals surface area contributed by atoms with Crippen LogP contribution in [0, 0.1) is 5.92 Å². The van der Waals surface area contributed by atoms with Crippen molar-refractivity contribution in [2.24, 2.45) is 5.92 Å². The van der Waals surface area contributed by atoms with Crippen LogP contribution in [-0.4, -0.2) is 42.2 Å².